The molecule has 0 aliphatic rings. The summed E-state index contributed by atoms with van der Waals surface area (Å²) < 4.78 is 25.9. The molecule has 72 valence electrons. The predicted molar refractivity (Wildman–Crippen MR) is 54.1 cm³/mol. The van der Waals surface area contributed by atoms with Crippen LogP contribution >= 0.6 is 11.3 Å². The van der Waals surface area contributed by atoms with Crippen LogP contribution in [0.2, 0.25) is 0 Å². The van der Waals surface area contributed by atoms with Gasteiger partial charge in [0.25, 0.3) is 0 Å². The molecule has 0 saturated heterocycles. The summed E-state index contributed by atoms with van der Waals surface area (Å²) in [6.07, 6.45) is 0. The van der Waals surface area contributed by atoms with Crippen LogP contribution in [0.4, 0.5) is 13.8 Å². The average Bonchev–Trinajstić information content (AvgIpc) is 2.51. The van der Waals surface area contributed by atoms with E-state index in [1.54, 1.807) is 12.1 Å². The first kappa shape index (κ1) is 9.15. The van der Waals surface area contributed by atoms with Crippen molar-refractivity contribution in [3.8, 4) is 10.4 Å². The zero-order chi connectivity index (χ0) is 10.1. The fourth-order valence-electron chi connectivity index (χ4n) is 1.19. The zero-order valence-corrected chi connectivity index (χ0v) is 7.94. The summed E-state index contributed by atoms with van der Waals surface area (Å²) in [5.41, 5.74) is 5.90. The third kappa shape index (κ3) is 1.61. The Morgan fingerprint density at radius 1 is 1.07 bits per heavy atom. The molecule has 0 radical (unpaired) electrons. The maximum Gasteiger partial charge on any atom is 0.134 e. The topological polar surface area (TPSA) is 26.0 Å². The summed E-state index contributed by atoms with van der Waals surface area (Å²) >= 11 is 1.28. The minimum Gasteiger partial charge on any atom is -0.391 e. The molecule has 0 bridgehead atoms. The molecule has 0 spiro atoms. The molecular weight excluding hydrogens is 204 g/mol. The van der Waals surface area contributed by atoms with Crippen molar-refractivity contribution in [3.05, 3.63) is 42.0 Å². The van der Waals surface area contributed by atoms with Gasteiger partial charge in [0.15, 0.2) is 0 Å². The Bertz CT molecular complexity index is 465. The number of benzene rings is 1. The molecule has 1 nitrogen and oxygen atoms in total. The lowest BCUT2D eigenvalue weighted by molar-refractivity contribution is 0.586. The molecule has 0 atom stereocenters. The van der Waals surface area contributed by atoms with Gasteiger partial charge in [0.05, 0.1) is 5.00 Å². The molecule has 2 N–H and O–H groups in total. The van der Waals surface area contributed by atoms with Crippen molar-refractivity contribution < 1.29 is 8.78 Å². The van der Waals surface area contributed by atoms with Crippen molar-refractivity contribution in [1.29, 1.82) is 0 Å². The van der Waals surface area contributed by atoms with E-state index >= 15 is 0 Å². The smallest absolute Gasteiger partial charge is 0.134 e. The number of rotatable bonds is 1. The molecule has 4 heteroatoms. The van der Waals surface area contributed by atoms with Crippen molar-refractivity contribution in [2.24, 2.45) is 0 Å². The third-order valence-corrected chi connectivity index (χ3v) is 2.77. The van der Waals surface area contributed by atoms with Crippen LogP contribution in [0.1, 0.15) is 0 Å². The van der Waals surface area contributed by atoms with E-state index in [2.05, 4.69) is 0 Å². The van der Waals surface area contributed by atoms with Crippen molar-refractivity contribution in [2.75, 3.05) is 5.73 Å². The average molecular weight is 211 g/mol. The highest BCUT2D eigenvalue weighted by Crippen LogP contribution is 2.31. The highest BCUT2D eigenvalue weighted by Gasteiger charge is 2.07. The van der Waals surface area contributed by atoms with Crippen LogP contribution in [0.25, 0.3) is 10.4 Å². The fraction of sp³-hybridized carbons (Fsp3) is 0. The molecule has 0 unspecified atom stereocenters. The normalized spacial score (nSPS) is 10.4. The maximum atomic E-state index is 13.3. The first-order valence-electron chi connectivity index (χ1n) is 3.97. The third-order valence-electron chi connectivity index (χ3n) is 1.82. The summed E-state index contributed by atoms with van der Waals surface area (Å²) in [5.74, 6) is -1.14. The molecule has 0 aliphatic carbocycles. The predicted octanol–water partition coefficient (Wildman–Crippen LogP) is 3.28. The van der Waals surface area contributed by atoms with Gasteiger partial charge in [-0.25, -0.2) is 8.78 Å². The van der Waals surface area contributed by atoms with Gasteiger partial charge < -0.3 is 5.73 Å². The van der Waals surface area contributed by atoms with Crippen LogP contribution in [0.15, 0.2) is 30.3 Å². The minimum atomic E-state index is -0.573. The first-order valence-corrected chi connectivity index (χ1v) is 4.79. The first-order chi connectivity index (χ1) is 6.66. The lowest BCUT2D eigenvalue weighted by Gasteiger charge is -1.98. The van der Waals surface area contributed by atoms with E-state index in [4.69, 9.17) is 5.73 Å². The van der Waals surface area contributed by atoms with E-state index < -0.39 is 11.6 Å². The van der Waals surface area contributed by atoms with Gasteiger partial charge in [0.1, 0.15) is 11.6 Å². The Kier molecular flexibility index (Phi) is 2.21. The van der Waals surface area contributed by atoms with Gasteiger partial charge in [0.2, 0.25) is 0 Å². The zero-order valence-electron chi connectivity index (χ0n) is 7.13. The number of nitrogens with two attached hydrogens (primary N) is 1. The van der Waals surface area contributed by atoms with E-state index in [0.29, 0.717) is 15.4 Å². The number of hydrogen-bond donors (Lipinski definition) is 1. The van der Waals surface area contributed by atoms with Crippen molar-refractivity contribution in [1.82, 2.24) is 0 Å². The van der Waals surface area contributed by atoms with Crippen LogP contribution < -0.4 is 5.73 Å². The van der Waals surface area contributed by atoms with E-state index in [1.807, 2.05) is 0 Å². The van der Waals surface area contributed by atoms with Crippen LogP contribution in [-0.2, 0) is 0 Å². The van der Waals surface area contributed by atoms with E-state index in [1.165, 1.54) is 23.5 Å². The lowest BCUT2D eigenvalue weighted by atomic mass is 10.2. The SMILES string of the molecule is Nc1ccc(-c2ccc(F)cc2F)s1. The Hall–Kier alpha value is -1.42. The number of thiophene rings is 1. The summed E-state index contributed by atoms with van der Waals surface area (Å²) in [6.45, 7) is 0. The summed E-state index contributed by atoms with van der Waals surface area (Å²) in [4.78, 5) is 0.708. The Morgan fingerprint density at radius 2 is 1.86 bits per heavy atom. The van der Waals surface area contributed by atoms with Gasteiger partial charge in [-0.2, -0.15) is 0 Å². The standard InChI is InChI=1S/C10H7F2NS/c11-6-1-2-7(8(12)5-6)9-3-4-10(13)14-9/h1-5H,13H2. The number of halogens is 2. The van der Waals surface area contributed by atoms with Crippen LogP contribution in [0, 0.1) is 11.6 Å². The van der Waals surface area contributed by atoms with Gasteiger partial charge in [-0.15, -0.1) is 11.3 Å². The number of nitrogen functional groups attached to an aromatic ring is 1. The highest BCUT2D eigenvalue weighted by atomic mass is 32.1. The molecule has 2 rings (SSSR count). The van der Waals surface area contributed by atoms with Crippen molar-refractivity contribution in [2.45, 2.75) is 0 Å². The largest absolute Gasteiger partial charge is 0.391 e. The van der Waals surface area contributed by atoms with Crippen LogP contribution in [0.3, 0.4) is 0 Å². The quantitative estimate of drug-likeness (QED) is 0.769. The molecule has 14 heavy (non-hydrogen) atoms. The number of anilines is 1. The summed E-state index contributed by atoms with van der Waals surface area (Å²) in [6, 6.07) is 6.93. The van der Waals surface area contributed by atoms with Gasteiger partial charge in [-0.05, 0) is 24.3 Å². The second-order valence-electron chi connectivity index (χ2n) is 2.83. The Labute approximate surface area is 83.8 Å². The van der Waals surface area contributed by atoms with E-state index in [9.17, 15) is 8.78 Å². The Balaban J connectivity index is 2.52. The molecule has 1 heterocycles. The minimum absolute atomic E-state index is 0.383. The molecule has 0 saturated carbocycles. The summed E-state index contributed by atoms with van der Waals surface area (Å²) in [7, 11) is 0. The van der Waals surface area contributed by atoms with E-state index in [0.717, 1.165) is 6.07 Å². The monoisotopic (exact) mass is 211 g/mol. The van der Waals surface area contributed by atoms with E-state index in [-0.39, 0.29) is 0 Å². The second-order valence-corrected chi connectivity index (χ2v) is 3.94. The molecule has 0 amide bonds. The lowest BCUT2D eigenvalue weighted by Crippen LogP contribution is -1.83. The van der Waals surface area contributed by atoms with Gasteiger partial charge in [-0.1, -0.05) is 0 Å². The molecule has 0 fully saturated rings. The van der Waals surface area contributed by atoms with Gasteiger partial charge >= 0.3 is 0 Å². The van der Waals surface area contributed by atoms with Crippen molar-refractivity contribution >= 4 is 16.3 Å². The molecule has 2 aromatic rings. The number of hydrogen-bond acceptors (Lipinski definition) is 2. The molecule has 1 aromatic heterocycles. The fourth-order valence-corrected chi connectivity index (χ4v) is 1.99. The molecule has 0 aliphatic heterocycles. The highest BCUT2D eigenvalue weighted by molar-refractivity contribution is 7.19. The van der Waals surface area contributed by atoms with Crippen molar-refractivity contribution in [3.63, 3.8) is 0 Å². The Morgan fingerprint density at radius 3 is 2.43 bits per heavy atom. The summed E-state index contributed by atoms with van der Waals surface area (Å²) in [5, 5.41) is 0.615. The van der Waals surface area contributed by atoms with Crippen LogP contribution in [-0.4, -0.2) is 0 Å². The van der Waals surface area contributed by atoms with Crippen LogP contribution in [0.5, 0.6) is 0 Å². The molecule has 1 aromatic carbocycles. The second kappa shape index (κ2) is 3.38. The van der Waals surface area contributed by atoms with Gasteiger partial charge in [-0.3, -0.25) is 0 Å². The van der Waals surface area contributed by atoms with Gasteiger partial charge in [0, 0.05) is 16.5 Å². The maximum absolute atomic E-state index is 13.3. The molecular formula is C10H7F2NS.